The van der Waals surface area contributed by atoms with Crippen LogP contribution in [-0.2, 0) is 9.53 Å². The quantitative estimate of drug-likeness (QED) is 0.707. The van der Waals surface area contributed by atoms with Crippen molar-refractivity contribution in [3.63, 3.8) is 0 Å². The van der Waals surface area contributed by atoms with Gasteiger partial charge in [-0.1, -0.05) is 13.8 Å². The Bertz CT molecular complexity index is 222. The third kappa shape index (κ3) is 4.10. The molecule has 94 valence electrons. The molecule has 0 heterocycles. The van der Waals surface area contributed by atoms with E-state index in [9.17, 15) is 9.90 Å². The summed E-state index contributed by atoms with van der Waals surface area (Å²) in [6, 6.07) is 0. The number of aliphatic hydroxyl groups excluding tert-OH is 1. The van der Waals surface area contributed by atoms with Crippen LogP contribution < -0.4 is 5.73 Å². The highest BCUT2D eigenvalue weighted by atomic mass is 16.6. The van der Waals surface area contributed by atoms with Crippen molar-refractivity contribution in [1.82, 2.24) is 0 Å². The molecule has 1 rings (SSSR count). The van der Waals surface area contributed by atoms with Crippen molar-refractivity contribution in [2.45, 2.75) is 51.7 Å². The van der Waals surface area contributed by atoms with Crippen molar-refractivity contribution in [2.75, 3.05) is 6.54 Å². The number of hydrogen-bond acceptors (Lipinski definition) is 4. The molecule has 4 nitrogen and oxygen atoms in total. The minimum atomic E-state index is -1.06. The summed E-state index contributed by atoms with van der Waals surface area (Å²) in [4.78, 5) is 11.5. The lowest BCUT2D eigenvalue weighted by molar-refractivity contribution is -0.162. The van der Waals surface area contributed by atoms with Crippen LogP contribution >= 0.6 is 0 Å². The molecule has 1 fully saturated rings. The molecule has 1 aliphatic rings. The Hall–Kier alpha value is -0.610. The second kappa shape index (κ2) is 6.21. The number of esters is 1. The molecule has 0 aromatic carbocycles. The topological polar surface area (TPSA) is 72.5 Å². The highest BCUT2D eigenvalue weighted by Gasteiger charge is 2.28. The summed E-state index contributed by atoms with van der Waals surface area (Å²) in [6.45, 7) is 4.65. The van der Waals surface area contributed by atoms with E-state index in [0.29, 0.717) is 18.4 Å². The average molecular weight is 229 g/mol. The second-order valence-electron chi connectivity index (χ2n) is 5.07. The van der Waals surface area contributed by atoms with Crippen molar-refractivity contribution in [1.29, 1.82) is 0 Å². The Balaban J connectivity index is 2.38. The largest absolute Gasteiger partial charge is 0.460 e. The first-order chi connectivity index (χ1) is 7.52. The van der Waals surface area contributed by atoms with Crippen LogP contribution in [0.15, 0.2) is 0 Å². The molecule has 0 aliphatic heterocycles. The molecular formula is C12H23NO3. The average Bonchev–Trinajstić information content (AvgIpc) is 2.16. The van der Waals surface area contributed by atoms with E-state index in [-0.39, 0.29) is 12.5 Å². The number of nitrogens with two attached hydrogens (primary N) is 1. The Morgan fingerprint density at radius 1 is 1.38 bits per heavy atom. The van der Waals surface area contributed by atoms with Crippen molar-refractivity contribution < 1.29 is 14.6 Å². The van der Waals surface area contributed by atoms with Crippen LogP contribution in [0.2, 0.25) is 0 Å². The van der Waals surface area contributed by atoms with Gasteiger partial charge in [-0.3, -0.25) is 0 Å². The molecule has 2 unspecified atom stereocenters. The fourth-order valence-corrected chi connectivity index (χ4v) is 2.49. The highest BCUT2D eigenvalue weighted by molar-refractivity contribution is 5.74. The third-order valence-electron chi connectivity index (χ3n) is 3.13. The van der Waals surface area contributed by atoms with Gasteiger partial charge >= 0.3 is 5.97 Å². The van der Waals surface area contributed by atoms with E-state index in [1.807, 2.05) is 0 Å². The summed E-state index contributed by atoms with van der Waals surface area (Å²) in [5, 5.41) is 9.43. The zero-order valence-electron chi connectivity index (χ0n) is 10.2. The fourth-order valence-electron chi connectivity index (χ4n) is 2.49. The van der Waals surface area contributed by atoms with E-state index in [2.05, 4.69) is 13.8 Å². The lowest BCUT2D eigenvalue weighted by Gasteiger charge is -2.31. The van der Waals surface area contributed by atoms with Gasteiger partial charge in [0.1, 0.15) is 6.10 Å². The Morgan fingerprint density at radius 3 is 2.44 bits per heavy atom. The monoisotopic (exact) mass is 229 g/mol. The van der Waals surface area contributed by atoms with Gasteiger partial charge < -0.3 is 15.6 Å². The maximum Gasteiger partial charge on any atom is 0.335 e. The number of carbonyl (C=O) groups excluding carboxylic acids is 1. The first-order valence-electron chi connectivity index (χ1n) is 6.11. The smallest absolute Gasteiger partial charge is 0.335 e. The highest BCUT2D eigenvalue weighted by Crippen LogP contribution is 2.30. The van der Waals surface area contributed by atoms with Crippen molar-refractivity contribution >= 4 is 5.97 Å². The van der Waals surface area contributed by atoms with Gasteiger partial charge in [0.25, 0.3) is 0 Å². The molecule has 0 aromatic rings. The van der Waals surface area contributed by atoms with Crippen molar-refractivity contribution in [3.8, 4) is 0 Å². The van der Waals surface area contributed by atoms with Gasteiger partial charge in [0, 0.05) is 0 Å². The van der Waals surface area contributed by atoms with E-state index < -0.39 is 12.1 Å². The lowest BCUT2D eigenvalue weighted by atomic mass is 9.82. The molecule has 0 saturated heterocycles. The van der Waals surface area contributed by atoms with Crippen LogP contribution in [0.3, 0.4) is 0 Å². The summed E-state index contributed by atoms with van der Waals surface area (Å²) in [5.41, 5.74) is 5.28. The third-order valence-corrected chi connectivity index (χ3v) is 3.13. The molecule has 1 saturated carbocycles. The molecule has 0 spiro atoms. The lowest BCUT2D eigenvalue weighted by Crippen LogP contribution is -2.33. The molecule has 0 amide bonds. The van der Waals surface area contributed by atoms with Crippen LogP contribution in [0, 0.1) is 11.8 Å². The van der Waals surface area contributed by atoms with Gasteiger partial charge in [-0.05, 0) is 44.1 Å². The first-order valence-corrected chi connectivity index (χ1v) is 6.11. The van der Waals surface area contributed by atoms with E-state index in [1.54, 1.807) is 0 Å². The van der Waals surface area contributed by atoms with E-state index in [4.69, 9.17) is 10.5 Å². The zero-order valence-corrected chi connectivity index (χ0v) is 10.2. The molecular weight excluding hydrogens is 206 g/mol. The molecule has 3 N–H and O–H groups in total. The number of aliphatic hydroxyl groups is 1. The van der Waals surface area contributed by atoms with Crippen LogP contribution in [-0.4, -0.2) is 29.8 Å². The zero-order chi connectivity index (χ0) is 12.1. The van der Waals surface area contributed by atoms with Crippen molar-refractivity contribution in [3.05, 3.63) is 0 Å². The molecule has 3 atom stereocenters. The Kier molecular flexibility index (Phi) is 5.22. The molecule has 4 heteroatoms. The van der Waals surface area contributed by atoms with Gasteiger partial charge in [-0.25, -0.2) is 4.79 Å². The molecule has 0 radical (unpaired) electrons. The minimum Gasteiger partial charge on any atom is -0.460 e. The van der Waals surface area contributed by atoms with Crippen molar-refractivity contribution in [2.24, 2.45) is 17.6 Å². The standard InChI is InChI=1S/C12H23NO3/c1-8-5-9(2)7-10(6-8)16-12(15)11(14)3-4-13/h8-11,14H,3-7,13H2,1-2H3/t8?,9?,10?,11-/m0/s1. The van der Waals surface area contributed by atoms with E-state index >= 15 is 0 Å². The van der Waals surface area contributed by atoms with Gasteiger partial charge in [-0.2, -0.15) is 0 Å². The predicted octanol–water partition coefficient (Wildman–Crippen LogP) is 1.06. The number of hydrogen-bond donors (Lipinski definition) is 2. The van der Waals surface area contributed by atoms with Crippen LogP contribution in [0.25, 0.3) is 0 Å². The van der Waals surface area contributed by atoms with Gasteiger partial charge in [0.2, 0.25) is 0 Å². The second-order valence-corrected chi connectivity index (χ2v) is 5.07. The predicted molar refractivity (Wildman–Crippen MR) is 61.7 cm³/mol. The van der Waals surface area contributed by atoms with Crippen LogP contribution in [0.5, 0.6) is 0 Å². The summed E-state index contributed by atoms with van der Waals surface area (Å²) in [7, 11) is 0. The van der Waals surface area contributed by atoms with Gasteiger partial charge in [0.15, 0.2) is 6.10 Å². The van der Waals surface area contributed by atoms with Crippen LogP contribution in [0.1, 0.15) is 39.5 Å². The van der Waals surface area contributed by atoms with Crippen LogP contribution in [0.4, 0.5) is 0 Å². The fraction of sp³-hybridized carbons (Fsp3) is 0.917. The number of rotatable bonds is 4. The maximum atomic E-state index is 11.5. The van der Waals surface area contributed by atoms with E-state index in [1.165, 1.54) is 6.42 Å². The summed E-state index contributed by atoms with van der Waals surface area (Å²) in [5.74, 6) is 0.665. The summed E-state index contributed by atoms with van der Waals surface area (Å²) < 4.78 is 5.30. The SMILES string of the molecule is CC1CC(C)CC(OC(=O)[C@@H](O)CCN)C1. The van der Waals surface area contributed by atoms with E-state index in [0.717, 1.165) is 12.8 Å². The van der Waals surface area contributed by atoms with Gasteiger partial charge in [-0.15, -0.1) is 0 Å². The first kappa shape index (κ1) is 13.5. The Morgan fingerprint density at radius 2 is 1.94 bits per heavy atom. The molecule has 16 heavy (non-hydrogen) atoms. The maximum absolute atomic E-state index is 11.5. The summed E-state index contributed by atoms with van der Waals surface area (Å²) >= 11 is 0. The minimum absolute atomic E-state index is 0.0290. The molecule has 0 aromatic heterocycles. The molecule has 1 aliphatic carbocycles. The molecule has 0 bridgehead atoms. The Labute approximate surface area is 97.2 Å². The summed E-state index contributed by atoms with van der Waals surface area (Å²) in [6.07, 6.45) is 2.20. The van der Waals surface area contributed by atoms with Gasteiger partial charge in [0.05, 0.1) is 0 Å². The normalized spacial score (nSPS) is 32.1. The number of ether oxygens (including phenoxy) is 1. The number of carbonyl (C=O) groups is 1.